The second kappa shape index (κ2) is 7.87. The summed E-state index contributed by atoms with van der Waals surface area (Å²) in [6.07, 6.45) is 1.43. The average molecular weight is 438 g/mol. The lowest BCUT2D eigenvalue weighted by molar-refractivity contribution is 0.0955. The minimum Gasteiger partial charge on any atom is -0.455 e. The first-order chi connectivity index (χ1) is 12.0. The van der Waals surface area contributed by atoms with Gasteiger partial charge in [0, 0.05) is 15.6 Å². The summed E-state index contributed by atoms with van der Waals surface area (Å²) in [5.74, 6) is 0.808. The molecule has 0 atom stereocenters. The second-order valence-electron chi connectivity index (χ2n) is 5.04. The number of rotatable bonds is 4. The molecule has 1 aromatic heterocycles. The van der Waals surface area contributed by atoms with Gasteiger partial charge in [0.1, 0.15) is 11.5 Å². The quantitative estimate of drug-likeness (QED) is 0.415. The highest BCUT2D eigenvalue weighted by molar-refractivity contribution is 9.10. The first kappa shape index (κ1) is 17.7. The third kappa shape index (κ3) is 4.51. The number of hydrogen-bond donors (Lipinski definition) is 1. The third-order valence-corrected chi connectivity index (χ3v) is 4.51. The van der Waals surface area contributed by atoms with Crippen molar-refractivity contribution in [2.75, 3.05) is 0 Å². The fraction of sp³-hybridized carbons (Fsp3) is 0. The van der Waals surface area contributed by atoms with Crippen molar-refractivity contribution < 1.29 is 9.21 Å². The molecule has 0 radical (unpaired) electrons. The van der Waals surface area contributed by atoms with Crippen molar-refractivity contribution in [1.82, 2.24) is 5.43 Å². The molecule has 25 heavy (non-hydrogen) atoms. The van der Waals surface area contributed by atoms with E-state index in [2.05, 4.69) is 26.5 Å². The van der Waals surface area contributed by atoms with Gasteiger partial charge in [-0.25, -0.2) is 5.43 Å². The summed E-state index contributed by atoms with van der Waals surface area (Å²) in [5, 5.41) is 4.84. The predicted molar refractivity (Wildman–Crippen MR) is 103 cm³/mol. The smallest absolute Gasteiger partial charge is 0.271 e. The molecule has 0 spiro atoms. The summed E-state index contributed by atoms with van der Waals surface area (Å²) in [7, 11) is 0. The number of nitrogens with zero attached hydrogens (tertiary/aromatic N) is 1. The largest absolute Gasteiger partial charge is 0.455 e. The van der Waals surface area contributed by atoms with Crippen molar-refractivity contribution in [2.24, 2.45) is 5.10 Å². The molecule has 1 amide bonds. The summed E-state index contributed by atoms with van der Waals surface area (Å²) in [6.45, 7) is 0. The van der Waals surface area contributed by atoms with Crippen LogP contribution in [-0.2, 0) is 0 Å². The molecule has 0 aliphatic carbocycles. The number of carbonyl (C=O) groups is 1. The third-order valence-electron chi connectivity index (χ3n) is 3.28. The number of amides is 1. The molecule has 0 saturated carbocycles. The molecule has 7 heteroatoms. The fourth-order valence-electron chi connectivity index (χ4n) is 2.08. The van der Waals surface area contributed by atoms with Crippen LogP contribution in [0, 0.1) is 0 Å². The summed E-state index contributed by atoms with van der Waals surface area (Å²) in [4.78, 5) is 12.0. The minimum atomic E-state index is -0.311. The molecule has 0 aliphatic heterocycles. The van der Waals surface area contributed by atoms with Crippen LogP contribution in [0.4, 0.5) is 0 Å². The number of furan rings is 1. The van der Waals surface area contributed by atoms with E-state index in [9.17, 15) is 4.79 Å². The van der Waals surface area contributed by atoms with E-state index in [0.29, 0.717) is 27.1 Å². The van der Waals surface area contributed by atoms with E-state index in [-0.39, 0.29) is 5.91 Å². The zero-order valence-corrected chi connectivity index (χ0v) is 15.8. The van der Waals surface area contributed by atoms with Crippen molar-refractivity contribution in [3.05, 3.63) is 80.4 Å². The number of nitrogens with one attached hydrogen (secondary N) is 1. The van der Waals surface area contributed by atoms with Gasteiger partial charge >= 0.3 is 0 Å². The molecule has 0 fully saturated rings. The Labute approximate surface area is 162 Å². The molecule has 3 rings (SSSR count). The lowest BCUT2D eigenvalue weighted by atomic mass is 10.2. The SMILES string of the molecule is O=C(N/N=C\c1ccc(-c2ccc(Cl)c(Cl)c2)o1)c1cccc(Br)c1. The molecule has 3 aromatic rings. The maximum atomic E-state index is 12.0. The van der Waals surface area contributed by atoms with Crippen LogP contribution in [0.25, 0.3) is 11.3 Å². The van der Waals surface area contributed by atoms with Crippen molar-refractivity contribution in [2.45, 2.75) is 0 Å². The van der Waals surface area contributed by atoms with Crippen LogP contribution in [0.5, 0.6) is 0 Å². The van der Waals surface area contributed by atoms with Gasteiger partial charge in [-0.2, -0.15) is 5.10 Å². The van der Waals surface area contributed by atoms with Gasteiger partial charge in [0.05, 0.1) is 16.3 Å². The maximum absolute atomic E-state index is 12.0. The molecule has 126 valence electrons. The molecule has 0 aliphatic rings. The first-order valence-corrected chi connectivity index (χ1v) is 8.72. The zero-order chi connectivity index (χ0) is 17.8. The molecule has 1 heterocycles. The van der Waals surface area contributed by atoms with E-state index in [1.807, 2.05) is 12.1 Å². The Bertz CT molecular complexity index is 954. The van der Waals surface area contributed by atoms with Gasteiger partial charge in [-0.1, -0.05) is 45.2 Å². The minimum absolute atomic E-state index is 0.311. The number of halogens is 3. The van der Waals surface area contributed by atoms with Crippen LogP contribution in [-0.4, -0.2) is 12.1 Å². The van der Waals surface area contributed by atoms with Crippen LogP contribution in [0.1, 0.15) is 16.1 Å². The molecular weight excluding hydrogens is 427 g/mol. The number of benzene rings is 2. The average Bonchev–Trinajstić information content (AvgIpc) is 3.06. The Hall–Kier alpha value is -2.08. The molecule has 4 nitrogen and oxygen atoms in total. The summed E-state index contributed by atoms with van der Waals surface area (Å²) in [5.41, 5.74) is 3.75. The van der Waals surface area contributed by atoms with Crippen molar-refractivity contribution in [1.29, 1.82) is 0 Å². The standard InChI is InChI=1S/C18H11BrCl2N2O2/c19-13-3-1-2-12(8-13)18(24)23-22-10-14-5-7-17(25-14)11-4-6-15(20)16(21)9-11/h1-10H,(H,23,24)/b22-10-. The van der Waals surface area contributed by atoms with Gasteiger partial charge in [0.25, 0.3) is 5.91 Å². The summed E-state index contributed by atoms with van der Waals surface area (Å²) >= 11 is 15.2. The highest BCUT2D eigenvalue weighted by atomic mass is 79.9. The molecule has 0 unspecified atom stereocenters. The lowest BCUT2D eigenvalue weighted by Gasteiger charge is -2.00. The Morgan fingerprint density at radius 2 is 1.92 bits per heavy atom. The topological polar surface area (TPSA) is 54.6 Å². The van der Waals surface area contributed by atoms with E-state index in [0.717, 1.165) is 10.0 Å². The second-order valence-corrected chi connectivity index (χ2v) is 6.77. The molecule has 0 saturated heterocycles. The monoisotopic (exact) mass is 436 g/mol. The van der Waals surface area contributed by atoms with E-state index in [1.165, 1.54) is 6.21 Å². The van der Waals surface area contributed by atoms with Crippen LogP contribution < -0.4 is 5.43 Å². The van der Waals surface area contributed by atoms with Gasteiger partial charge < -0.3 is 4.42 Å². The Morgan fingerprint density at radius 3 is 2.68 bits per heavy atom. The Balaban J connectivity index is 1.67. The van der Waals surface area contributed by atoms with E-state index in [4.69, 9.17) is 27.6 Å². The number of hydrogen-bond acceptors (Lipinski definition) is 3. The molecule has 0 bridgehead atoms. The van der Waals surface area contributed by atoms with Crippen molar-refractivity contribution in [3.63, 3.8) is 0 Å². The van der Waals surface area contributed by atoms with E-state index >= 15 is 0 Å². The number of carbonyl (C=O) groups excluding carboxylic acids is 1. The summed E-state index contributed by atoms with van der Waals surface area (Å²) in [6, 6.07) is 15.8. The maximum Gasteiger partial charge on any atom is 0.271 e. The van der Waals surface area contributed by atoms with Gasteiger partial charge in [0.15, 0.2) is 0 Å². The Kier molecular flexibility index (Phi) is 5.58. The van der Waals surface area contributed by atoms with Gasteiger partial charge in [-0.3, -0.25) is 4.79 Å². The van der Waals surface area contributed by atoms with E-state index in [1.54, 1.807) is 42.5 Å². The van der Waals surface area contributed by atoms with Gasteiger partial charge in [-0.15, -0.1) is 0 Å². The molecule has 1 N–H and O–H groups in total. The van der Waals surface area contributed by atoms with Crippen LogP contribution >= 0.6 is 39.1 Å². The zero-order valence-electron chi connectivity index (χ0n) is 12.7. The predicted octanol–water partition coefficient (Wildman–Crippen LogP) is 5.78. The van der Waals surface area contributed by atoms with Crippen molar-refractivity contribution in [3.8, 4) is 11.3 Å². The summed E-state index contributed by atoms with van der Waals surface area (Å²) < 4.78 is 6.48. The number of hydrazone groups is 1. The fourth-order valence-corrected chi connectivity index (χ4v) is 2.77. The normalized spacial score (nSPS) is 11.0. The first-order valence-electron chi connectivity index (χ1n) is 7.17. The van der Waals surface area contributed by atoms with E-state index < -0.39 is 0 Å². The molecule has 2 aromatic carbocycles. The molecular formula is C18H11BrCl2N2O2. The Morgan fingerprint density at radius 1 is 1.08 bits per heavy atom. The lowest BCUT2D eigenvalue weighted by Crippen LogP contribution is -2.17. The van der Waals surface area contributed by atoms with Gasteiger partial charge in [-0.05, 0) is 48.5 Å². The van der Waals surface area contributed by atoms with Crippen molar-refractivity contribution >= 4 is 51.3 Å². The van der Waals surface area contributed by atoms with Crippen LogP contribution in [0.3, 0.4) is 0 Å². The highest BCUT2D eigenvalue weighted by Gasteiger charge is 2.07. The highest BCUT2D eigenvalue weighted by Crippen LogP contribution is 2.29. The van der Waals surface area contributed by atoms with Crippen LogP contribution in [0.15, 0.2) is 68.6 Å². The van der Waals surface area contributed by atoms with Crippen LogP contribution in [0.2, 0.25) is 10.0 Å². The van der Waals surface area contributed by atoms with Gasteiger partial charge in [0.2, 0.25) is 0 Å².